The lowest BCUT2D eigenvalue weighted by molar-refractivity contribution is -0.117. The summed E-state index contributed by atoms with van der Waals surface area (Å²) in [6, 6.07) is 13.7. The van der Waals surface area contributed by atoms with E-state index >= 15 is 0 Å². The number of aryl methyl sites for hydroxylation is 3. The number of nitrogens with one attached hydrogen (secondary N) is 1. The van der Waals surface area contributed by atoms with Gasteiger partial charge in [0.25, 0.3) is 0 Å². The van der Waals surface area contributed by atoms with Gasteiger partial charge < -0.3 is 19.3 Å². The van der Waals surface area contributed by atoms with Crippen LogP contribution in [0.5, 0.6) is 11.5 Å². The van der Waals surface area contributed by atoms with E-state index in [-0.39, 0.29) is 11.9 Å². The highest BCUT2D eigenvalue weighted by Crippen LogP contribution is 2.30. The molecule has 0 spiro atoms. The minimum atomic E-state index is -0.143. The molecular formula is C26H30N2O4. The number of nitrogens with zero attached hydrogens (tertiary/aromatic N) is 1. The number of hydrogen-bond donors (Lipinski definition) is 1. The molecule has 1 amide bonds. The Morgan fingerprint density at radius 3 is 2.50 bits per heavy atom. The van der Waals surface area contributed by atoms with Crippen molar-refractivity contribution < 1.29 is 18.8 Å². The van der Waals surface area contributed by atoms with Gasteiger partial charge in [-0.15, -0.1) is 0 Å². The molecular weight excluding hydrogens is 404 g/mol. The third kappa shape index (κ3) is 5.78. The van der Waals surface area contributed by atoms with Crippen molar-refractivity contribution in [1.82, 2.24) is 10.5 Å². The molecule has 0 saturated heterocycles. The highest BCUT2D eigenvalue weighted by molar-refractivity contribution is 5.92. The summed E-state index contributed by atoms with van der Waals surface area (Å²) in [5.74, 6) is 1.79. The van der Waals surface area contributed by atoms with Crippen LogP contribution in [0.2, 0.25) is 0 Å². The van der Waals surface area contributed by atoms with Gasteiger partial charge in [-0.3, -0.25) is 4.79 Å². The molecule has 32 heavy (non-hydrogen) atoms. The maximum Gasteiger partial charge on any atom is 0.244 e. The fraction of sp³-hybridized carbons (Fsp3) is 0.308. The highest BCUT2D eigenvalue weighted by Gasteiger charge is 2.13. The molecule has 1 unspecified atom stereocenters. The lowest BCUT2D eigenvalue weighted by atomic mass is 10.0. The van der Waals surface area contributed by atoms with Gasteiger partial charge in [0, 0.05) is 6.08 Å². The van der Waals surface area contributed by atoms with Crippen LogP contribution in [0.4, 0.5) is 0 Å². The topological polar surface area (TPSA) is 73.6 Å². The van der Waals surface area contributed by atoms with Gasteiger partial charge in [0.15, 0.2) is 11.5 Å². The summed E-state index contributed by atoms with van der Waals surface area (Å²) >= 11 is 0. The van der Waals surface area contributed by atoms with E-state index in [0.717, 1.165) is 34.6 Å². The number of aromatic nitrogens is 1. The van der Waals surface area contributed by atoms with Gasteiger partial charge in [0.05, 0.1) is 24.4 Å². The lowest BCUT2D eigenvalue weighted by Gasteiger charge is -2.16. The average molecular weight is 435 g/mol. The summed E-state index contributed by atoms with van der Waals surface area (Å²) in [4.78, 5) is 12.5. The van der Waals surface area contributed by atoms with Crippen LogP contribution in [0.3, 0.4) is 0 Å². The van der Waals surface area contributed by atoms with E-state index in [4.69, 9.17) is 14.0 Å². The van der Waals surface area contributed by atoms with Crippen LogP contribution < -0.4 is 14.8 Å². The molecule has 0 aliphatic carbocycles. The Morgan fingerprint density at radius 1 is 1.12 bits per heavy atom. The zero-order chi connectivity index (χ0) is 23.1. The Bertz CT molecular complexity index is 1060. The first-order valence-electron chi connectivity index (χ1n) is 10.7. The van der Waals surface area contributed by atoms with Crippen molar-refractivity contribution in [2.24, 2.45) is 0 Å². The standard InChI is InChI=1S/C26H30N2O4/c1-6-23(21-11-7-17(2)8-12-21)27-26(29)14-10-20-9-13-24(25(15-20)30-5)31-16-22-18(3)28-32-19(22)4/h7-15,23H,6,16H2,1-5H3,(H,27,29)/b14-10+. The van der Waals surface area contributed by atoms with E-state index in [1.165, 1.54) is 11.6 Å². The van der Waals surface area contributed by atoms with Crippen molar-refractivity contribution in [2.45, 2.75) is 46.8 Å². The first kappa shape index (κ1) is 23.1. The van der Waals surface area contributed by atoms with Crippen LogP contribution >= 0.6 is 0 Å². The van der Waals surface area contributed by atoms with Crippen molar-refractivity contribution >= 4 is 12.0 Å². The number of carbonyl (C=O) groups excluding carboxylic acids is 1. The van der Waals surface area contributed by atoms with E-state index in [0.29, 0.717) is 18.1 Å². The molecule has 0 saturated carbocycles. The average Bonchev–Trinajstić information content (AvgIpc) is 3.12. The Labute approximate surface area is 189 Å². The van der Waals surface area contributed by atoms with Crippen molar-refractivity contribution in [3.63, 3.8) is 0 Å². The van der Waals surface area contributed by atoms with Gasteiger partial charge in [0.2, 0.25) is 5.91 Å². The second kappa shape index (κ2) is 10.7. The van der Waals surface area contributed by atoms with Crippen molar-refractivity contribution in [1.29, 1.82) is 0 Å². The smallest absolute Gasteiger partial charge is 0.244 e. The van der Waals surface area contributed by atoms with Crippen molar-refractivity contribution in [3.05, 3.63) is 82.2 Å². The third-order valence-corrected chi connectivity index (χ3v) is 5.37. The van der Waals surface area contributed by atoms with E-state index in [2.05, 4.69) is 41.7 Å². The number of hydrogen-bond acceptors (Lipinski definition) is 5. The van der Waals surface area contributed by atoms with E-state index in [9.17, 15) is 4.79 Å². The van der Waals surface area contributed by atoms with Gasteiger partial charge in [-0.05, 0) is 56.5 Å². The highest BCUT2D eigenvalue weighted by atomic mass is 16.5. The Balaban J connectivity index is 1.64. The number of rotatable bonds is 9. The second-order valence-electron chi connectivity index (χ2n) is 7.72. The van der Waals surface area contributed by atoms with Gasteiger partial charge in [-0.25, -0.2) is 0 Å². The Morgan fingerprint density at radius 2 is 1.88 bits per heavy atom. The first-order chi connectivity index (χ1) is 15.4. The van der Waals surface area contributed by atoms with Crippen molar-refractivity contribution in [2.75, 3.05) is 7.11 Å². The van der Waals surface area contributed by atoms with Gasteiger partial charge in [-0.1, -0.05) is 48.0 Å². The molecule has 0 radical (unpaired) electrons. The normalized spacial score (nSPS) is 12.0. The van der Waals surface area contributed by atoms with Crippen LogP contribution in [0, 0.1) is 20.8 Å². The number of ether oxygens (including phenoxy) is 2. The summed E-state index contributed by atoms with van der Waals surface area (Å²) in [7, 11) is 1.59. The molecule has 168 valence electrons. The molecule has 0 aliphatic heterocycles. The molecule has 1 heterocycles. The zero-order valence-electron chi connectivity index (χ0n) is 19.3. The maximum atomic E-state index is 12.5. The second-order valence-corrected chi connectivity index (χ2v) is 7.72. The number of benzene rings is 2. The SMILES string of the molecule is CCC(NC(=O)/C=C/c1ccc(OCc2c(C)noc2C)c(OC)c1)c1ccc(C)cc1. The predicted octanol–water partition coefficient (Wildman–Crippen LogP) is 5.47. The van der Waals surface area contributed by atoms with E-state index in [1.807, 2.05) is 39.0 Å². The summed E-state index contributed by atoms with van der Waals surface area (Å²) in [5.41, 5.74) is 4.86. The fourth-order valence-corrected chi connectivity index (χ4v) is 3.38. The van der Waals surface area contributed by atoms with Crippen LogP contribution in [-0.2, 0) is 11.4 Å². The molecule has 2 aromatic carbocycles. The monoisotopic (exact) mass is 434 g/mol. The minimum absolute atomic E-state index is 0.0256. The molecule has 3 aromatic rings. The summed E-state index contributed by atoms with van der Waals surface area (Å²) in [6.07, 6.45) is 4.11. The fourth-order valence-electron chi connectivity index (χ4n) is 3.38. The summed E-state index contributed by atoms with van der Waals surface area (Å²) in [6.45, 7) is 8.19. The molecule has 1 aromatic heterocycles. The minimum Gasteiger partial charge on any atom is -0.493 e. The molecule has 6 nitrogen and oxygen atoms in total. The van der Waals surface area contributed by atoms with Gasteiger partial charge in [-0.2, -0.15) is 0 Å². The van der Waals surface area contributed by atoms with Gasteiger partial charge in [0.1, 0.15) is 12.4 Å². The summed E-state index contributed by atoms with van der Waals surface area (Å²) < 4.78 is 16.6. The Hall–Kier alpha value is -3.54. The molecule has 1 atom stereocenters. The third-order valence-electron chi connectivity index (χ3n) is 5.37. The van der Waals surface area contributed by atoms with Gasteiger partial charge >= 0.3 is 0 Å². The maximum absolute atomic E-state index is 12.5. The largest absolute Gasteiger partial charge is 0.493 e. The van der Waals surface area contributed by atoms with E-state index < -0.39 is 0 Å². The van der Waals surface area contributed by atoms with E-state index in [1.54, 1.807) is 13.2 Å². The molecule has 3 rings (SSSR count). The number of methoxy groups -OCH3 is 1. The van der Waals surface area contributed by atoms with Crippen LogP contribution in [0.25, 0.3) is 6.08 Å². The number of carbonyl (C=O) groups is 1. The predicted molar refractivity (Wildman–Crippen MR) is 125 cm³/mol. The molecule has 0 fully saturated rings. The molecule has 1 N–H and O–H groups in total. The number of amides is 1. The van der Waals surface area contributed by atoms with Crippen LogP contribution in [-0.4, -0.2) is 18.2 Å². The molecule has 0 bridgehead atoms. The van der Waals surface area contributed by atoms with Crippen LogP contribution in [0.1, 0.15) is 53.1 Å². The first-order valence-corrected chi connectivity index (χ1v) is 10.7. The lowest BCUT2D eigenvalue weighted by Crippen LogP contribution is -2.26. The Kier molecular flexibility index (Phi) is 7.71. The molecule has 0 aliphatic rings. The van der Waals surface area contributed by atoms with Crippen LogP contribution in [0.15, 0.2) is 53.1 Å². The zero-order valence-corrected chi connectivity index (χ0v) is 19.3. The molecule has 6 heteroatoms. The quantitative estimate of drug-likeness (QED) is 0.452. The summed E-state index contributed by atoms with van der Waals surface area (Å²) in [5, 5.41) is 7.00. The van der Waals surface area contributed by atoms with Crippen molar-refractivity contribution in [3.8, 4) is 11.5 Å².